The molecular formula is C19H25N3O2S. The molecule has 0 spiro atoms. The van der Waals surface area contributed by atoms with E-state index in [1.807, 2.05) is 36.6 Å². The van der Waals surface area contributed by atoms with E-state index in [2.05, 4.69) is 22.5 Å². The number of benzene rings is 1. The molecule has 1 aliphatic heterocycles. The van der Waals surface area contributed by atoms with E-state index in [9.17, 15) is 4.79 Å². The number of carbonyl (C=O) groups excluding carboxylic acids is 1. The van der Waals surface area contributed by atoms with Crippen molar-refractivity contribution >= 4 is 17.2 Å². The smallest absolute Gasteiger partial charge is 0.226 e. The van der Waals surface area contributed by atoms with E-state index in [1.165, 1.54) is 16.9 Å². The molecule has 134 valence electrons. The van der Waals surface area contributed by atoms with Crippen LogP contribution < -0.4 is 15.4 Å². The molecule has 6 heteroatoms. The molecule has 1 fully saturated rings. The molecule has 2 heterocycles. The number of piperidine rings is 1. The zero-order chi connectivity index (χ0) is 17.6. The van der Waals surface area contributed by atoms with Gasteiger partial charge in [-0.05, 0) is 45.4 Å². The van der Waals surface area contributed by atoms with Gasteiger partial charge in [-0.1, -0.05) is 17.7 Å². The third kappa shape index (κ3) is 5.54. The molecule has 2 unspecified atom stereocenters. The minimum atomic E-state index is 0.0513. The minimum absolute atomic E-state index is 0.0513. The second-order valence-electron chi connectivity index (χ2n) is 6.66. The quantitative estimate of drug-likeness (QED) is 0.832. The largest absolute Gasteiger partial charge is 0.486 e. The lowest BCUT2D eigenvalue weighted by Gasteiger charge is -2.28. The topological polar surface area (TPSA) is 63.2 Å². The van der Waals surface area contributed by atoms with E-state index in [0.717, 1.165) is 35.8 Å². The first-order chi connectivity index (χ1) is 12.1. The van der Waals surface area contributed by atoms with Gasteiger partial charge in [-0.3, -0.25) is 4.79 Å². The number of hydrogen-bond acceptors (Lipinski definition) is 5. The summed E-state index contributed by atoms with van der Waals surface area (Å²) >= 11 is 1.53. The highest BCUT2D eigenvalue weighted by Gasteiger charge is 2.20. The molecule has 5 nitrogen and oxygen atoms in total. The lowest BCUT2D eigenvalue weighted by atomic mass is 10.0. The summed E-state index contributed by atoms with van der Waals surface area (Å²) in [5, 5.41) is 9.35. The van der Waals surface area contributed by atoms with Crippen molar-refractivity contribution in [1.82, 2.24) is 15.6 Å². The maximum absolute atomic E-state index is 12.2. The molecule has 1 aromatic carbocycles. The second-order valence-corrected chi connectivity index (χ2v) is 7.60. The monoisotopic (exact) mass is 359 g/mol. The number of ether oxygens (including phenoxy) is 1. The van der Waals surface area contributed by atoms with Crippen LogP contribution in [0, 0.1) is 6.92 Å². The predicted molar refractivity (Wildman–Crippen MR) is 100.0 cm³/mol. The van der Waals surface area contributed by atoms with Crippen molar-refractivity contribution in [3.63, 3.8) is 0 Å². The van der Waals surface area contributed by atoms with E-state index in [0.29, 0.717) is 19.1 Å². The Hall–Kier alpha value is -1.92. The molecule has 0 aliphatic carbocycles. The minimum Gasteiger partial charge on any atom is -0.486 e. The van der Waals surface area contributed by atoms with E-state index in [4.69, 9.17) is 4.74 Å². The van der Waals surface area contributed by atoms with Crippen LogP contribution in [0.2, 0.25) is 0 Å². The Morgan fingerprint density at radius 3 is 2.96 bits per heavy atom. The fraction of sp³-hybridized carbons (Fsp3) is 0.474. The first-order valence-corrected chi connectivity index (χ1v) is 9.62. The number of hydrogen-bond donors (Lipinski definition) is 2. The van der Waals surface area contributed by atoms with Crippen LogP contribution in [0.25, 0.3) is 0 Å². The summed E-state index contributed by atoms with van der Waals surface area (Å²) < 4.78 is 5.74. The van der Waals surface area contributed by atoms with E-state index in [-0.39, 0.29) is 11.9 Å². The van der Waals surface area contributed by atoms with Crippen molar-refractivity contribution in [3.8, 4) is 5.75 Å². The first kappa shape index (κ1) is 17.9. The van der Waals surface area contributed by atoms with Gasteiger partial charge in [0.25, 0.3) is 0 Å². The van der Waals surface area contributed by atoms with Crippen LogP contribution in [0.4, 0.5) is 0 Å². The lowest BCUT2D eigenvalue weighted by Crippen LogP contribution is -2.46. The molecule has 1 aromatic heterocycles. The fourth-order valence-corrected chi connectivity index (χ4v) is 3.69. The molecule has 2 atom stereocenters. The standard InChI is InChI=1S/C19H25N3O2S/c1-13-3-5-17(6-4-13)24-11-19-22-16(12-25-19)10-18(23)21-15-7-8-20-14(2)9-15/h3-6,12,14-15,20H,7-11H2,1-2H3,(H,21,23). The molecule has 1 amide bonds. The normalized spacial score (nSPS) is 20.2. The molecule has 1 aliphatic rings. The molecule has 25 heavy (non-hydrogen) atoms. The average Bonchev–Trinajstić information content (AvgIpc) is 3.01. The Labute approximate surface area is 152 Å². The molecule has 0 radical (unpaired) electrons. The summed E-state index contributed by atoms with van der Waals surface area (Å²) in [6.07, 6.45) is 2.31. The summed E-state index contributed by atoms with van der Waals surface area (Å²) in [6.45, 7) is 5.59. The van der Waals surface area contributed by atoms with Crippen LogP contribution in [-0.4, -0.2) is 29.5 Å². The number of aryl methyl sites for hydroxylation is 1. The molecule has 2 aromatic rings. The lowest BCUT2D eigenvalue weighted by molar-refractivity contribution is -0.121. The van der Waals surface area contributed by atoms with Crippen molar-refractivity contribution in [2.24, 2.45) is 0 Å². The number of aromatic nitrogens is 1. The van der Waals surface area contributed by atoms with E-state index in [1.54, 1.807) is 0 Å². The van der Waals surface area contributed by atoms with E-state index >= 15 is 0 Å². The average molecular weight is 359 g/mol. The van der Waals surface area contributed by atoms with Crippen molar-refractivity contribution in [1.29, 1.82) is 0 Å². The molecule has 0 saturated carbocycles. The number of amides is 1. The Bertz CT molecular complexity index is 699. The second kappa shape index (κ2) is 8.45. The van der Waals surface area contributed by atoms with Crippen molar-refractivity contribution in [3.05, 3.63) is 45.9 Å². The van der Waals surface area contributed by atoms with Crippen LogP contribution in [0.15, 0.2) is 29.6 Å². The number of rotatable bonds is 6. The van der Waals surface area contributed by atoms with Gasteiger partial charge in [-0.15, -0.1) is 11.3 Å². The number of thiazole rings is 1. The molecule has 2 N–H and O–H groups in total. The third-order valence-corrected chi connectivity index (χ3v) is 5.18. The Morgan fingerprint density at radius 2 is 2.20 bits per heavy atom. The maximum Gasteiger partial charge on any atom is 0.226 e. The van der Waals surface area contributed by atoms with Gasteiger partial charge in [0.15, 0.2) is 0 Å². The fourth-order valence-electron chi connectivity index (χ4n) is 2.98. The Kier molecular flexibility index (Phi) is 6.04. The molecule has 3 rings (SSSR count). The van der Waals surface area contributed by atoms with Crippen LogP contribution in [0.3, 0.4) is 0 Å². The summed E-state index contributed by atoms with van der Waals surface area (Å²) in [4.78, 5) is 16.7. The highest BCUT2D eigenvalue weighted by Crippen LogP contribution is 2.16. The predicted octanol–water partition coefficient (Wildman–Crippen LogP) is 2.83. The van der Waals surface area contributed by atoms with Gasteiger partial charge in [0.2, 0.25) is 5.91 Å². The van der Waals surface area contributed by atoms with Crippen LogP contribution >= 0.6 is 11.3 Å². The SMILES string of the molecule is Cc1ccc(OCc2nc(CC(=O)NC3CCNC(C)C3)cs2)cc1. The number of carbonyl (C=O) groups is 1. The van der Waals surface area contributed by atoms with Crippen LogP contribution in [0.1, 0.15) is 36.0 Å². The summed E-state index contributed by atoms with van der Waals surface area (Å²) in [5.74, 6) is 0.885. The summed E-state index contributed by atoms with van der Waals surface area (Å²) in [6, 6.07) is 8.69. The third-order valence-electron chi connectivity index (χ3n) is 4.31. The van der Waals surface area contributed by atoms with Crippen molar-refractivity contribution < 1.29 is 9.53 Å². The number of nitrogens with zero attached hydrogens (tertiary/aromatic N) is 1. The zero-order valence-electron chi connectivity index (χ0n) is 14.7. The number of nitrogens with one attached hydrogen (secondary N) is 2. The molecule has 1 saturated heterocycles. The van der Waals surface area contributed by atoms with Gasteiger partial charge in [-0.2, -0.15) is 0 Å². The van der Waals surface area contributed by atoms with Gasteiger partial charge in [0.1, 0.15) is 17.4 Å². The Morgan fingerprint density at radius 1 is 1.40 bits per heavy atom. The van der Waals surface area contributed by atoms with Crippen molar-refractivity contribution in [2.45, 2.75) is 51.8 Å². The van der Waals surface area contributed by atoms with Gasteiger partial charge in [-0.25, -0.2) is 4.98 Å². The van der Waals surface area contributed by atoms with E-state index < -0.39 is 0 Å². The van der Waals surface area contributed by atoms with Crippen molar-refractivity contribution in [2.75, 3.05) is 6.54 Å². The van der Waals surface area contributed by atoms with Crippen LogP contribution in [-0.2, 0) is 17.8 Å². The van der Waals surface area contributed by atoms with Gasteiger partial charge < -0.3 is 15.4 Å². The van der Waals surface area contributed by atoms with Gasteiger partial charge in [0, 0.05) is 17.5 Å². The highest BCUT2D eigenvalue weighted by molar-refractivity contribution is 7.09. The van der Waals surface area contributed by atoms with Gasteiger partial charge >= 0.3 is 0 Å². The summed E-state index contributed by atoms with van der Waals surface area (Å²) in [7, 11) is 0. The maximum atomic E-state index is 12.2. The van der Waals surface area contributed by atoms with Crippen LogP contribution in [0.5, 0.6) is 5.75 Å². The van der Waals surface area contributed by atoms with Gasteiger partial charge in [0.05, 0.1) is 12.1 Å². The molecular weight excluding hydrogens is 334 g/mol. The Balaban J connectivity index is 1.46. The highest BCUT2D eigenvalue weighted by atomic mass is 32.1. The zero-order valence-corrected chi connectivity index (χ0v) is 15.6. The summed E-state index contributed by atoms with van der Waals surface area (Å²) in [5.41, 5.74) is 2.02. The first-order valence-electron chi connectivity index (χ1n) is 8.74. The molecule has 0 bridgehead atoms.